The van der Waals surface area contributed by atoms with Crippen LogP contribution in [0.1, 0.15) is 42.1 Å². The van der Waals surface area contributed by atoms with E-state index in [1.807, 2.05) is 23.1 Å². The van der Waals surface area contributed by atoms with Crippen molar-refractivity contribution in [2.24, 2.45) is 5.92 Å². The summed E-state index contributed by atoms with van der Waals surface area (Å²) in [6.07, 6.45) is 4.45. The third kappa shape index (κ3) is 3.59. The Labute approximate surface area is 124 Å². The van der Waals surface area contributed by atoms with Crippen LogP contribution in [0, 0.1) is 5.92 Å². The first kappa shape index (κ1) is 14.6. The molecule has 1 aromatic carbocycles. The van der Waals surface area contributed by atoms with Crippen LogP contribution in [-0.2, 0) is 6.42 Å². The van der Waals surface area contributed by atoms with Crippen LogP contribution < -0.4 is 0 Å². The summed E-state index contributed by atoms with van der Waals surface area (Å²) in [6.45, 7) is 3.97. The van der Waals surface area contributed by atoms with E-state index < -0.39 is 0 Å². The molecule has 0 aromatic heterocycles. The van der Waals surface area contributed by atoms with Gasteiger partial charge in [-0.25, -0.2) is 0 Å². The molecule has 0 saturated carbocycles. The lowest BCUT2D eigenvalue weighted by molar-refractivity contribution is 0.0737. The van der Waals surface area contributed by atoms with Crippen LogP contribution in [0.25, 0.3) is 0 Å². The van der Waals surface area contributed by atoms with Gasteiger partial charge in [-0.05, 0) is 36.8 Å². The van der Waals surface area contributed by atoms with Crippen molar-refractivity contribution >= 4 is 21.8 Å². The summed E-state index contributed by atoms with van der Waals surface area (Å²) in [6, 6.07) is 8.05. The number of halogens is 1. The molecule has 0 saturated heterocycles. The van der Waals surface area contributed by atoms with E-state index in [0.717, 1.165) is 36.8 Å². The number of carbonyl (C=O) groups is 1. The van der Waals surface area contributed by atoms with E-state index in [2.05, 4.69) is 28.9 Å². The molecule has 0 spiro atoms. The highest BCUT2D eigenvalue weighted by Gasteiger charge is 2.23. The van der Waals surface area contributed by atoms with Gasteiger partial charge >= 0.3 is 0 Å². The van der Waals surface area contributed by atoms with Crippen molar-refractivity contribution < 1.29 is 4.79 Å². The quantitative estimate of drug-likeness (QED) is 0.753. The van der Waals surface area contributed by atoms with E-state index in [1.165, 1.54) is 18.4 Å². The lowest BCUT2D eigenvalue weighted by Crippen LogP contribution is -2.35. The summed E-state index contributed by atoms with van der Waals surface area (Å²) in [5.41, 5.74) is 2.12. The molecule has 0 bridgehead atoms. The molecular formula is C16H22BrNO. The Morgan fingerprint density at radius 1 is 1.37 bits per heavy atom. The minimum Gasteiger partial charge on any atom is -0.338 e. The Morgan fingerprint density at radius 3 is 2.89 bits per heavy atom. The van der Waals surface area contributed by atoms with Gasteiger partial charge in [-0.1, -0.05) is 47.5 Å². The lowest BCUT2D eigenvalue weighted by Gasteiger charge is -2.25. The highest BCUT2D eigenvalue weighted by Crippen LogP contribution is 2.21. The number of hydrogen-bond donors (Lipinski definition) is 0. The van der Waals surface area contributed by atoms with E-state index in [4.69, 9.17) is 0 Å². The van der Waals surface area contributed by atoms with Crippen molar-refractivity contribution in [1.29, 1.82) is 0 Å². The molecule has 0 fully saturated rings. The van der Waals surface area contributed by atoms with Gasteiger partial charge in [0.15, 0.2) is 0 Å². The molecule has 1 atom stereocenters. The van der Waals surface area contributed by atoms with Gasteiger partial charge in [0.1, 0.15) is 0 Å². The smallest absolute Gasteiger partial charge is 0.254 e. The van der Waals surface area contributed by atoms with E-state index in [-0.39, 0.29) is 5.91 Å². The zero-order valence-corrected chi connectivity index (χ0v) is 13.2. The minimum atomic E-state index is 0.218. The predicted molar refractivity (Wildman–Crippen MR) is 82.9 cm³/mol. The van der Waals surface area contributed by atoms with Gasteiger partial charge in [0.2, 0.25) is 0 Å². The normalized spacial score (nSPS) is 16.9. The van der Waals surface area contributed by atoms with E-state index >= 15 is 0 Å². The van der Waals surface area contributed by atoms with Gasteiger partial charge in [-0.3, -0.25) is 4.79 Å². The van der Waals surface area contributed by atoms with Crippen LogP contribution in [0.4, 0.5) is 0 Å². The standard InChI is InChI=1S/C16H22BrNO/c1-2-6-13(11-17)12-18-10-5-8-14-7-3-4-9-15(14)16(18)19/h3-4,7,9,13H,2,5-6,8,10-12H2,1H3. The Morgan fingerprint density at radius 2 is 2.16 bits per heavy atom. The molecular weight excluding hydrogens is 302 g/mol. The first-order chi connectivity index (χ1) is 9.26. The summed E-state index contributed by atoms with van der Waals surface area (Å²) >= 11 is 3.58. The first-order valence-corrected chi connectivity index (χ1v) is 8.31. The van der Waals surface area contributed by atoms with Crippen molar-refractivity contribution in [2.45, 2.75) is 32.6 Å². The highest BCUT2D eigenvalue weighted by atomic mass is 79.9. The fourth-order valence-corrected chi connectivity index (χ4v) is 3.32. The molecule has 104 valence electrons. The van der Waals surface area contributed by atoms with Crippen LogP contribution >= 0.6 is 15.9 Å². The molecule has 0 aliphatic carbocycles. The number of alkyl halides is 1. The number of benzene rings is 1. The number of aryl methyl sites for hydroxylation is 1. The van der Waals surface area contributed by atoms with Gasteiger partial charge < -0.3 is 4.90 Å². The van der Waals surface area contributed by atoms with Gasteiger partial charge in [0.05, 0.1) is 0 Å². The van der Waals surface area contributed by atoms with Crippen molar-refractivity contribution in [3.63, 3.8) is 0 Å². The fraction of sp³-hybridized carbons (Fsp3) is 0.562. The molecule has 2 nitrogen and oxygen atoms in total. The molecule has 1 heterocycles. The maximum atomic E-state index is 12.6. The van der Waals surface area contributed by atoms with Crippen LogP contribution in [0.3, 0.4) is 0 Å². The summed E-state index contributed by atoms with van der Waals surface area (Å²) in [4.78, 5) is 14.7. The molecule has 1 aliphatic heterocycles. The van der Waals surface area contributed by atoms with Crippen molar-refractivity contribution in [3.05, 3.63) is 35.4 Å². The second kappa shape index (κ2) is 7.09. The topological polar surface area (TPSA) is 20.3 Å². The van der Waals surface area contributed by atoms with Crippen molar-refractivity contribution in [1.82, 2.24) is 4.90 Å². The molecule has 1 amide bonds. The average molecular weight is 324 g/mol. The van der Waals surface area contributed by atoms with Crippen LogP contribution in [0.5, 0.6) is 0 Å². The number of fused-ring (bicyclic) bond motifs is 1. The Bertz CT molecular complexity index is 433. The number of nitrogens with zero attached hydrogens (tertiary/aromatic N) is 1. The third-order valence-corrected chi connectivity index (χ3v) is 4.72. The van der Waals surface area contributed by atoms with Gasteiger partial charge in [0, 0.05) is 24.0 Å². The number of amides is 1. The summed E-state index contributed by atoms with van der Waals surface area (Å²) in [7, 11) is 0. The van der Waals surface area contributed by atoms with Gasteiger partial charge in [0.25, 0.3) is 5.91 Å². The SMILES string of the molecule is CCCC(CBr)CN1CCCc2ccccc2C1=O. The maximum Gasteiger partial charge on any atom is 0.254 e. The van der Waals surface area contributed by atoms with Crippen molar-refractivity contribution in [2.75, 3.05) is 18.4 Å². The predicted octanol–water partition coefficient (Wildman–Crippen LogP) is 3.89. The molecule has 2 rings (SSSR count). The van der Waals surface area contributed by atoms with E-state index in [0.29, 0.717) is 5.92 Å². The second-order valence-corrected chi connectivity index (χ2v) is 5.97. The van der Waals surface area contributed by atoms with E-state index in [9.17, 15) is 4.79 Å². The Hall–Kier alpha value is -0.830. The minimum absolute atomic E-state index is 0.218. The largest absolute Gasteiger partial charge is 0.338 e. The Kier molecular flexibility index (Phi) is 5.44. The summed E-state index contributed by atoms with van der Waals surface area (Å²) in [5, 5.41) is 0.978. The first-order valence-electron chi connectivity index (χ1n) is 7.19. The molecule has 0 N–H and O–H groups in total. The number of hydrogen-bond acceptors (Lipinski definition) is 1. The fourth-order valence-electron chi connectivity index (χ4n) is 2.79. The molecule has 0 radical (unpaired) electrons. The average Bonchev–Trinajstić information content (AvgIpc) is 2.59. The molecule has 1 unspecified atom stereocenters. The Balaban J connectivity index is 2.12. The number of rotatable bonds is 5. The maximum absolute atomic E-state index is 12.6. The molecule has 1 aliphatic rings. The van der Waals surface area contributed by atoms with Crippen LogP contribution in [0.15, 0.2) is 24.3 Å². The van der Waals surface area contributed by atoms with Gasteiger partial charge in [-0.15, -0.1) is 0 Å². The summed E-state index contributed by atoms with van der Waals surface area (Å²) < 4.78 is 0. The zero-order chi connectivity index (χ0) is 13.7. The molecule has 3 heteroatoms. The van der Waals surface area contributed by atoms with Crippen molar-refractivity contribution in [3.8, 4) is 0 Å². The zero-order valence-electron chi connectivity index (χ0n) is 11.6. The summed E-state index contributed by atoms with van der Waals surface area (Å²) in [5.74, 6) is 0.786. The monoisotopic (exact) mass is 323 g/mol. The molecule has 19 heavy (non-hydrogen) atoms. The van der Waals surface area contributed by atoms with Gasteiger partial charge in [-0.2, -0.15) is 0 Å². The second-order valence-electron chi connectivity index (χ2n) is 5.32. The van der Waals surface area contributed by atoms with Crippen LogP contribution in [0.2, 0.25) is 0 Å². The molecule has 1 aromatic rings. The lowest BCUT2D eigenvalue weighted by atomic mass is 10.0. The highest BCUT2D eigenvalue weighted by molar-refractivity contribution is 9.09. The van der Waals surface area contributed by atoms with E-state index in [1.54, 1.807) is 0 Å². The number of carbonyl (C=O) groups excluding carboxylic acids is 1. The van der Waals surface area contributed by atoms with Crippen LogP contribution in [-0.4, -0.2) is 29.2 Å². The third-order valence-electron chi connectivity index (χ3n) is 3.80.